The molecule has 3 heterocycles. The number of aromatic nitrogens is 4. The van der Waals surface area contributed by atoms with Crippen molar-refractivity contribution in [2.75, 3.05) is 5.32 Å². The van der Waals surface area contributed by atoms with Gasteiger partial charge < -0.3 is 10.3 Å². The number of hydrogen-bond donors (Lipinski definition) is 3. The molecule has 4 aromatic rings. The van der Waals surface area contributed by atoms with E-state index in [1.807, 2.05) is 50.2 Å². The number of H-pyrrole nitrogens is 2. The van der Waals surface area contributed by atoms with Crippen molar-refractivity contribution in [3.63, 3.8) is 0 Å². The highest BCUT2D eigenvalue weighted by Crippen LogP contribution is 2.26. The van der Waals surface area contributed by atoms with E-state index in [1.54, 1.807) is 6.20 Å². The second-order valence-corrected chi connectivity index (χ2v) is 6.56. The second kappa shape index (κ2) is 6.31. The van der Waals surface area contributed by atoms with Crippen LogP contribution in [0.1, 0.15) is 21.7 Å². The van der Waals surface area contributed by atoms with Gasteiger partial charge in [0, 0.05) is 27.4 Å². The maximum atomic E-state index is 12.4. The van der Waals surface area contributed by atoms with E-state index in [0.29, 0.717) is 16.4 Å². The fourth-order valence-electron chi connectivity index (χ4n) is 2.77. The summed E-state index contributed by atoms with van der Waals surface area (Å²) >= 11 is 5.94. The molecule has 3 N–H and O–H groups in total. The third-order valence-electron chi connectivity index (χ3n) is 4.35. The number of nitrogens with one attached hydrogen (secondary N) is 3. The highest BCUT2D eigenvalue weighted by molar-refractivity contribution is 6.30. The summed E-state index contributed by atoms with van der Waals surface area (Å²) < 4.78 is 0. The largest absolute Gasteiger partial charge is 0.339 e. The summed E-state index contributed by atoms with van der Waals surface area (Å²) in [4.78, 5) is 20.1. The Balaban J connectivity index is 1.62. The number of rotatable bonds is 3. The van der Waals surface area contributed by atoms with Crippen molar-refractivity contribution >= 4 is 34.2 Å². The predicted octanol–water partition coefficient (Wildman–Crippen LogP) is 4.48. The van der Waals surface area contributed by atoms with Crippen molar-refractivity contribution in [3.8, 4) is 11.3 Å². The van der Waals surface area contributed by atoms with Gasteiger partial charge in [-0.25, -0.2) is 4.98 Å². The Bertz CT molecular complexity index is 1110. The summed E-state index contributed by atoms with van der Waals surface area (Å²) in [7, 11) is 0. The number of carbonyl (C=O) groups excluding carboxylic acids is 1. The van der Waals surface area contributed by atoms with Crippen LogP contribution in [-0.2, 0) is 0 Å². The number of carbonyl (C=O) groups is 1. The Morgan fingerprint density at radius 2 is 1.92 bits per heavy atom. The van der Waals surface area contributed by atoms with Crippen LogP contribution in [-0.4, -0.2) is 26.1 Å². The van der Waals surface area contributed by atoms with Crippen molar-refractivity contribution in [1.82, 2.24) is 20.2 Å². The van der Waals surface area contributed by atoms with Crippen molar-refractivity contribution < 1.29 is 4.79 Å². The second-order valence-electron chi connectivity index (χ2n) is 6.13. The quantitative estimate of drug-likeness (QED) is 0.500. The lowest BCUT2D eigenvalue weighted by atomic mass is 10.1. The van der Waals surface area contributed by atoms with Crippen LogP contribution < -0.4 is 5.32 Å². The first-order valence-corrected chi connectivity index (χ1v) is 8.46. The first kappa shape index (κ1) is 16.4. The number of halogens is 1. The number of aryl methyl sites for hydroxylation is 1. The number of anilines is 1. The average molecular weight is 366 g/mol. The van der Waals surface area contributed by atoms with E-state index in [2.05, 4.69) is 25.5 Å². The number of aromatic amines is 2. The smallest absolute Gasteiger partial charge is 0.276 e. The minimum atomic E-state index is -0.263. The molecule has 0 aliphatic rings. The van der Waals surface area contributed by atoms with Gasteiger partial charge in [-0.05, 0) is 43.7 Å². The van der Waals surface area contributed by atoms with Crippen LogP contribution >= 0.6 is 11.6 Å². The third-order valence-corrected chi connectivity index (χ3v) is 4.60. The molecule has 1 amide bonds. The van der Waals surface area contributed by atoms with Crippen LogP contribution in [0.5, 0.6) is 0 Å². The zero-order valence-electron chi connectivity index (χ0n) is 14.2. The van der Waals surface area contributed by atoms with E-state index in [4.69, 9.17) is 11.6 Å². The van der Waals surface area contributed by atoms with E-state index in [-0.39, 0.29) is 5.91 Å². The van der Waals surface area contributed by atoms with Gasteiger partial charge in [0.1, 0.15) is 5.65 Å². The molecule has 0 saturated heterocycles. The number of pyridine rings is 1. The fraction of sp³-hybridized carbons (Fsp3) is 0.105. The van der Waals surface area contributed by atoms with Gasteiger partial charge in [0.2, 0.25) is 0 Å². The Kier molecular flexibility index (Phi) is 3.97. The van der Waals surface area contributed by atoms with Crippen molar-refractivity contribution in [3.05, 3.63) is 64.6 Å². The Morgan fingerprint density at radius 3 is 2.62 bits per heavy atom. The molecule has 0 saturated carbocycles. The minimum Gasteiger partial charge on any atom is -0.339 e. The van der Waals surface area contributed by atoms with Crippen LogP contribution in [0.2, 0.25) is 5.02 Å². The van der Waals surface area contributed by atoms with Gasteiger partial charge in [-0.2, -0.15) is 5.10 Å². The summed E-state index contributed by atoms with van der Waals surface area (Å²) in [6.45, 7) is 3.74. The van der Waals surface area contributed by atoms with Gasteiger partial charge in [0.25, 0.3) is 5.91 Å². The molecule has 0 radical (unpaired) electrons. The minimum absolute atomic E-state index is 0.263. The summed E-state index contributed by atoms with van der Waals surface area (Å²) in [6, 6.07) is 11.4. The van der Waals surface area contributed by atoms with Crippen molar-refractivity contribution in [2.24, 2.45) is 0 Å². The third kappa shape index (κ3) is 2.95. The predicted molar refractivity (Wildman–Crippen MR) is 103 cm³/mol. The van der Waals surface area contributed by atoms with E-state index < -0.39 is 0 Å². The Labute approximate surface area is 154 Å². The van der Waals surface area contributed by atoms with Gasteiger partial charge in [-0.15, -0.1) is 0 Å². The molecule has 1 aromatic carbocycles. The molecule has 4 rings (SSSR count). The zero-order valence-corrected chi connectivity index (χ0v) is 15.0. The SMILES string of the molecule is Cc1[nH]nc(C(=O)Nc2cnc3[nH]c(-c4ccc(Cl)cc4)cc3c2)c1C. The van der Waals surface area contributed by atoms with Crippen LogP contribution in [0, 0.1) is 13.8 Å². The lowest BCUT2D eigenvalue weighted by Gasteiger charge is -2.03. The molecule has 130 valence electrons. The molecule has 6 nitrogen and oxygen atoms in total. The topological polar surface area (TPSA) is 86.5 Å². The highest BCUT2D eigenvalue weighted by atomic mass is 35.5. The molecule has 0 spiro atoms. The van der Waals surface area contributed by atoms with Gasteiger partial charge in [0.05, 0.1) is 11.9 Å². The fourth-order valence-corrected chi connectivity index (χ4v) is 2.89. The summed E-state index contributed by atoms with van der Waals surface area (Å²) in [5, 5.41) is 11.3. The number of fused-ring (bicyclic) bond motifs is 1. The van der Waals surface area contributed by atoms with Crippen LogP contribution in [0.15, 0.2) is 42.6 Å². The summed E-state index contributed by atoms with van der Waals surface area (Å²) in [6.07, 6.45) is 1.62. The normalized spacial score (nSPS) is 11.0. The highest BCUT2D eigenvalue weighted by Gasteiger charge is 2.15. The summed E-state index contributed by atoms with van der Waals surface area (Å²) in [5.41, 5.74) is 5.42. The number of benzene rings is 1. The first-order valence-electron chi connectivity index (χ1n) is 8.09. The maximum Gasteiger partial charge on any atom is 0.276 e. The molecule has 0 aliphatic heterocycles. The molecule has 0 atom stereocenters. The van der Waals surface area contributed by atoms with E-state index >= 15 is 0 Å². The number of hydrogen-bond acceptors (Lipinski definition) is 3. The van der Waals surface area contributed by atoms with E-state index in [0.717, 1.165) is 33.5 Å². The molecule has 7 heteroatoms. The monoisotopic (exact) mass is 365 g/mol. The molecule has 0 fully saturated rings. The molecule has 0 aliphatic carbocycles. The standard InChI is InChI=1S/C19H16ClN5O/c1-10-11(2)24-25-17(10)19(26)22-15-7-13-8-16(23-18(13)21-9-15)12-3-5-14(20)6-4-12/h3-9H,1-2H3,(H,21,23)(H,22,26)(H,24,25). The van der Waals surface area contributed by atoms with Gasteiger partial charge in [-0.3, -0.25) is 9.89 Å². The van der Waals surface area contributed by atoms with Gasteiger partial charge in [-0.1, -0.05) is 23.7 Å². The van der Waals surface area contributed by atoms with Gasteiger partial charge in [0.15, 0.2) is 5.69 Å². The molecular weight excluding hydrogens is 350 g/mol. The lowest BCUT2D eigenvalue weighted by Crippen LogP contribution is -2.13. The number of nitrogens with zero attached hydrogens (tertiary/aromatic N) is 2. The van der Waals surface area contributed by atoms with Gasteiger partial charge >= 0.3 is 0 Å². The van der Waals surface area contributed by atoms with Crippen LogP contribution in [0.25, 0.3) is 22.3 Å². The molecule has 26 heavy (non-hydrogen) atoms. The van der Waals surface area contributed by atoms with Crippen LogP contribution in [0.3, 0.4) is 0 Å². The maximum absolute atomic E-state index is 12.4. The molecular formula is C19H16ClN5O. The Hall–Kier alpha value is -3.12. The average Bonchev–Trinajstić information content (AvgIpc) is 3.19. The number of amides is 1. The Morgan fingerprint density at radius 1 is 1.15 bits per heavy atom. The van der Waals surface area contributed by atoms with E-state index in [1.165, 1.54) is 0 Å². The van der Waals surface area contributed by atoms with E-state index in [9.17, 15) is 4.79 Å². The first-order chi connectivity index (χ1) is 12.5. The zero-order chi connectivity index (χ0) is 18.3. The molecule has 0 bridgehead atoms. The van der Waals surface area contributed by atoms with Crippen LogP contribution in [0.4, 0.5) is 5.69 Å². The lowest BCUT2D eigenvalue weighted by molar-refractivity contribution is 0.102. The molecule has 0 unspecified atom stereocenters. The molecule has 3 aromatic heterocycles. The van der Waals surface area contributed by atoms with Crippen molar-refractivity contribution in [2.45, 2.75) is 13.8 Å². The summed E-state index contributed by atoms with van der Waals surface area (Å²) in [5.74, 6) is -0.263. The van der Waals surface area contributed by atoms with Crippen molar-refractivity contribution in [1.29, 1.82) is 0 Å².